The number of nitro groups is 1. The van der Waals surface area contributed by atoms with Crippen molar-refractivity contribution in [3.8, 4) is 0 Å². The maximum atomic E-state index is 13.1. The predicted molar refractivity (Wildman–Crippen MR) is 119 cm³/mol. The molecule has 1 aliphatic rings. The molecule has 1 aromatic heterocycles. The normalized spacial score (nSPS) is 15.2. The number of nitrogens with one attached hydrogen (secondary N) is 1. The minimum atomic E-state index is -0.834. The molecule has 2 aromatic rings. The number of esters is 1. The number of rotatable bonds is 8. The molecule has 1 amide bonds. The minimum Gasteiger partial charge on any atom is -0.464 e. The molecule has 1 N–H and O–H groups in total. The van der Waals surface area contributed by atoms with Crippen LogP contribution in [0.15, 0.2) is 42.6 Å². The van der Waals surface area contributed by atoms with Crippen molar-refractivity contribution in [2.24, 2.45) is 11.8 Å². The zero-order chi connectivity index (χ0) is 24.0. The maximum Gasteiger partial charge on any atom is 0.328 e. The summed E-state index contributed by atoms with van der Waals surface area (Å²) in [6.07, 6.45) is 2.91. The third kappa shape index (κ3) is 6.24. The van der Waals surface area contributed by atoms with Gasteiger partial charge in [0.05, 0.1) is 11.5 Å². The van der Waals surface area contributed by atoms with Crippen molar-refractivity contribution in [3.63, 3.8) is 0 Å². The smallest absolute Gasteiger partial charge is 0.328 e. The van der Waals surface area contributed by atoms with Gasteiger partial charge in [-0.05, 0) is 55.0 Å². The van der Waals surface area contributed by atoms with Gasteiger partial charge in [0.2, 0.25) is 5.82 Å². The Kier molecular flexibility index (Phi) is 7.92. The lowest BCUT2D eigenvalue weighted by atomic mass is 9.97. The first kappa shape index (κ1) is 24.1. The van der Waals surface area contributed by atoms with E-state index in [2.05, 4.69) is 10.3 Å². The van der Waals surface area contributed by atoms with Crippen molar-refractivity contribution in [1.29, 1.82) is 0 Å². The Hall–Kier alpha value is -3.56. The van der Waals surface area contributed by atoms with E-state index in [4.69, 9.17) is 4.74 Å². The van der Waals surface area contributed by atoms with E-state index >= 15 is 0 Å². The average molecular weight is 458 g/mol. The van der Waals surface area contributed by atoms with E-state index in [0.717, 1.165) is 0 Å². The van der Waals surface area contributed by atoms with Gasteiger partial charge in [-0.3, -0.25) is 14.9 Å². The SMILES string of the molecule is CC(C)[C@@H](NC(=O)c1ccc(F)cc1)C(=O)OCC1CCN(c2ncccc2[N+](=O)[O-])CC1. The summed E-state index contributed by atoms with van der Waals surface area (Å²) >= 11 is 0. The van der Waals surface area contributed by atoms with E-state index in [1.165, 1.54) is 42.6 Å². The van der Waals surface area contributed by atoms with Crippen LogP contribution in [0.3, 0.4) is 0 Å². The molecule has 0 spiro atoms. The van der Waals surface area contributed by atoms with Gasteiger partial charge >= 0.3 is 11.7 Å². The van der Waals surface area contributed by atoms with Crippen LogP contribution in [-0.4, -0.2) is 47.5 Å². The third-order valence-electron chi connectivity index (χ3n) is 5.65. The first-order chi connectivity index (χ1) is 15.8. The van der Waals surface area contributed by atoms with Crippen LogP contribution in [0.4, 0.5) is 15.9 Å². The fraction of sp³-hybridized carbons (Fsp3) is 0.435. The van der Waals surface area contributed by atoms with Crippen molar-refractivity contribution in [2.45, 2.75) is 32.7 Å². The lowest BCUT2D eigenvalue weighted by Gasteiger charge is -2.32. The van der Waals surface area contributed by atoms with Gasteiger partial charge in [-0.2, -0.15) is 0 Å². The molecule has 0 radical (unpaired) electrons. The quantitative estimate of drug-likeness (QED) is 0.366. The molecule has 1 aliphatic heterocycles. The number of hydrogen-bond donors (Lipinski definition) is 1. The number of piperidine rings is 1. The Labute approximate surface area is 191 Å². The first-order valence-corrected chi connectivity index (χ1v) is 10.8. The van der Waals surface area contributed by atoms with Gasteiger partial charge in [-0.15, -0.1) is 0 Å². The Morgan fingerprint density at radius 1 is 1.24 bits per heavy atom. The standard InChI is InChI=1S/C23H27FN4O5/c1-15(2)20(26-22(29)17-5-7-18(24)8-6-17)23(30)33-14-16-9-12-27(13-10-16)21-19(28(31)32)4-3-11-25-21/h3-8,11,15-16,20H,9-10,12-14H2,1-2H3,(H,26,29)/t20-/m1/s1. The number of ether oxygens (including phenoxy) is 1. The molecule has 33 heavy (non-hydrogen) atoms. The zero-order valence-corrected chi connectivity index (χ0v) is 18.6. The minimum absolute atomic E-state index is 0.0287. The molecule has 176 valence electrons. The molecule has 0 aliphatic carbocycles. The summed E-state index contributed by atoms with van der Waals surface area (Å²) in [5, 5.41) is 13.9. The third-order valence-corrected chi connectivity index (χ3v) is 5.65. The highest BCUT2D eigenvalue weighted by atomic mass is 19.1. The van der Waals surface area contributed by atoms with E-state index in [0.29, 0.717) is 31.7 Å². The second kappa shape index (κ2) is 10.8. The summed E-state index contributed by atoms with van der Waals surface area (Å²) in [4.78, 5) is 41.9. The van der Waals surface area contributed by atoms with E-state index in [1.54, 1.807) is 13.8 Å². The van der Waals surface area contributed by atoms with E-state index in [1.807, 2.05) is 4.90 Å². The fourth-order valence-electron chi connectivity index (χ4n) is 3.70. The summed E-state index contributed by atoms with van der Waals surface area (Å²) < 4.78 is 18.6. The number of pyridine rings is 1. The number of carbonyl (C=O) groups excluding carboxylic acids is 2. The van der Waals surface area contributed by atoms with Gasteiger partial charge in [0.1, 0.15) is 11.9 Å². The largest absolute Gasteiger partial charge is 0.464 e. The van der Waals surface area contributed by atoms with Gasteiger partial charge in [0.25, 0.3) is 5.91 Å². The van der Waals surface area contributed by atoms with Crippen molar-refractivity contribution in [3.05, 3.63) is 64.1 Å². The monoisotopic (exact) mass is 458 g/mol. The van der Waals surface area contributed by atoms with Gasteiger partial charge in [0, 0.05) is 30.9 Å². The lowest BCUT2D eigenvalue weighted by Crippen LogP contribution is -2.46. The molecular weight excluding hydrogens is 431 g/mol. The highest BCUT2D eigenvalue weighted by Crippen LogP contribution is 2.29. The Morgan fingerprint density at radius 2 is 1.91 bits per heavy atom. The number of nitrogens with zero attached hydrogens (tertiary/aromatic N) is 3. The molecular formula is C23H27FN4O5. The van der Waals surface area contributed by atoms with Crippen molar-refractivity contribution in [2.75, 3.05) is 24.6 Å². The average Bonchev–Trinajstić information content (AvgIpc) is 2.81. The summed E-state index contributed by atoms with van der Waals surface area (Å²) in [6, 6.07) is 7.21. The van der Waals surface area contributed by atoms with Crippen molar-refractivity contribution >= 4 is 23.4 Å². The van der Waals surface area contributed by atoms with Crippen molar-refractivity contribution in [1.82, 2.24) is 10.3 Å². The van der Waals surface area contributed by atoms with Crippen LogP contribution in [0, 0.1) is 27.8 Å². The predicted octanol–water partition coefficient (Wildman–Crippen LogP) is 3.34. The molecule has 1 fully saturated rings. The van der Waals surface area contributed by atoms with Crippen LogP contribution in [0.5, 0.6) is 0 Å². The second-order valence-corrected chi connectivity index (χ2v) is 8.37. The Bertz CT molecular complexity index is 991. The Balaban J connectivity index is 1.52. The van der Waals surface area contributed by atoms with E-state index in [9.17, 15) is 24.1 Å². The summed E-state index contributed by atoms with van der Waals surface area (Å²) in [7, 11) is 0. The second-order valence-electron chi connectivity index (χ2n) is 8.37. The number of carbonyl (C=O) groups is 2. The van der Waals surface area contributed by atoms with Crippen LogP contribution in [0.2, 0.25) is 0 Å². The number of halogens is 1. The molecule has 9 nitrogen and oxygen atoms in total. The molecule has 3 rings (SSSR count). The Morgan fingerprint density at radius 3 is 2.52 bits per heavy atom. The molecule has 0 bridgehead atoms. The van der Waals surface area contributed by atoms with Gasteiger partial charge in [0.15, 0.2) is 0 Å². The molecule has 1 aromatic carbocycles. The zero-order valence-electron chi connectivity index (χ0n) is 18.6. The van der Waals surface area contributed by atoms with E-state index < -0.39 is 28.7 Å². The van der Waals surface area contributed by atoms with Crippen LogP contribution in [0.25, 0.3) is 0 Å². The van der Waals surface area contributed by atoms with Crippen LogP contribution in [-0.2, 0) is 9.53 Å². The lowest BCUT2D eigenvalue weighted by molar-refractivity contribution is -0.384. The molecule has 1 saturated heterocycles. The fourth-order valence-corrected chi connectivity index (χ4v) is 3.70. The van der Waals surface area contributed by atoms with Crippen LogP contribution in [0.1, 0.15) is 37.0 Å². The highest BCUT2D eigenvalue weighted by molar-refractivity contribution is 5.96. The summed E-state index contributed by atoms with van der Waals surface area (Å²) in [5.41, 5.74) is 0.227. The molecule has 2 heterocycles. The molecule has 0 unspecified atom stereocenters. The number of anilines is 1. The summed E-state index contributed by atoms with van der Waals surface area (Å²) in [5.74, 6) is -1.20. The molecule has 1 atom stereocenters. The number of hydrogen-bond acceptors (Lipinski definition) is 7. The van der Waals surface area contributed by atoms with Crippen LogP contribution < -0.4 is 10.2 Å². The summed E-state index contributed by atoms with van der Waals surface area (Å²) in [6.45, 7) is 4.93. The molecule has 0 saturated carbocycles. The van der Waals surface area contributed by atoms with Crippen molar-refractivity contribution < 1.29 is 23.6 Å². The van der Waals surface area contributed by atoms with Crippen LogP contribution >= 0.6 is 0 Å². The van der Waals surface area contributed by atoms with Gasteiger partial charge in [-0.25, -0.2) is 14.2 Å². The molecule has 10 heteroatoms. The maximum absolute atomic E-state index is 13.1. The first-order valence-electron chi connectivity index (χ1n) is 10.8. The van der Waals surface area contributed by atoms with Gasteiger partial charge in [-0.1, -0.05) is 13.8 Å². The number of aromatic nitrogens is 1. The number of amides is 1. The highest BCUT2D eigenvalue weighted by Gasteiger charge is 2.29. The topological polar surface area (TPSA) is 115 Å². The van der Waals surface area contributed by atoms with Gasteiger partial charge < -0.3 is 15.0 Å². The van der Waals surface area contributed by atoms with E-state index in [-0.39, 0.29) is 29.7 Å². The number of benzene rings is 1.